The number of hydrogen-bond donors (Lipinski definition) is 2. The van der Waals surface area contributed by atoms with Gasteiger partial charge in [-0.3, -0.25) is 0 Å². The van der Waals surface area contributed by atoms with Crippen LogP contribution in [0.2, 0.25) is 0 Å². The number of halogens is 3. The van der Waals surface area contributed by atoms with Crippen molar-refractivity contribution in [2.45, 2.75) is 25.4 Å². The molecule has 5 rings (SSSR count). The van der Waals surface area contributed by atoms with Crippen LogP contribution in [0.5, 0.6) is 5.75 Å². The standard InChI is InChI=1S/C25H25F3N8O/c1-37-20-6-2-5-18(26)23(20)24-30-8-7-21(34-24)33-22-10-19(35-9-3-4-16(29)14-35)17(12-31-22)15-11-32-36(13-15)25(27)28/h2,5-8,10-13,16,25H,3-4,9,14,29H2,1H3,(H,30,31,33,34)/t16-/m0/s1. The Morgan fingerprint density at radius 1 is 1.16 bits per heavy atom. The first-order chi connectivity index (χ1) is 17.9. The minimum Gasteiger partial charge on any atom is -0.496 e. The molecule has 3 N–H and O–H groups in total. The molecule has 0 amide bonds. The van der Waals surface area contributed by atoms with Crippen LogP contribution in [-0.4, -0.2) is 51.0 Å². The second-order valence-corrected chi connectivity index (χ2v) is 8.63. The van der Waals surface area contributed by atoms with Crippen LogP contribution in [0.25, 0.3) is 22.5 Å². The van der Waals surface area contributed by atoms with Gasteiger partial charge in [0.2, 0.25) is 0 Å². The smallest absolute Gasteiger partial charge is 0.333 e. The number of ether oxygens (including phenoxy) is 1. The summed E-state index contributed by atoms with van der Waals surface area (Å²) < 4.78 is 46.7. The second-order valence-electron chi connectivity index (χ2n) is 8.63. The van der Waals surface area contributed by atoms with E-state index >= 15 is 0 Å². The number of benzene rings is 1. The van der Waals surface area contributed by atoms with Gasteiger partial charge < -0.3 is 20.7 Å². The first-order valence-corrected chi connectivity index (χ1v) is 11.7. The average molecular weight is 511 g/mol. The third-order valence-electron chi connectivity index (χ3n) is 6.12. The molecule has 3 aromatic heterocycles. The van der Waals surface area contributed by atoms with Gasteiger partial charge in [0, 0.05) is 60.6 Å². The van der Waals surface area contributed by atoms with Crippen LogP contribution >= 0.6 is 0 Å². The first-order valence-electron chi connectivity index (χ1n) is 11.7. The molecule has 1 fully saturated rings. The molecule has 4 heterocycles. The zero-order valence-electron chi connectivity index (χ0n) is 20.0. The Morgan fingerprint density at radius 3 is 2.78 bits per heavy atom. The monoisotopic (exact) mass is 510 g/mol. The summed E-state index contributed by atoms with van der Waals surface area (Å²) in [5.41, 5.74) is 8.33. The summed E-state index contributed by atoms with van der Waals surface area (Å²) in [5, 5.41) is 6.90. The Labute approximate surface area is 211 Å². The molecular weight excluding hydrogens is 485 g/mol. The summed E-state index contributed by atoms with van der Waals surface area (Å²) in [4.78, 5) is 15.3. The van der Waals surface area contributed by atoms with E-state index in [0.717, 1.165) is 25.1 Å². The molecule has 0 saturated carbocycles. The van der Waals surface area contributed by atoms with Crippen LogP contribution < -0.4 is 20.7 Å². The zero-order valence-corrected chi connectivity index (χ0v) is 20.0. The highest BCUT2D eigenvalue weighted by Gasteiger charge is 2.22. The normalized spacial score (nSPS) is 15.7. The van der Waals surface area contributed by atoms with Gasteiger partial charge in [-0.1, -0.05) is 6.07 Å². The maximum absolute atomic E-state index is 14.6. The molecular formula is C25H25F3N8O. The van der Waals surface area contributed by atoms with Gasteiger partial charge in [-0.2, -0.15) is 13.9 Å². The number of hydrogen-bond acceptors (Lipinski definition) is 8. The number of rotatable bonds is 7. The summed E-state index contributed by atoms with van der Waals surface area (Å²) in [7, 11) is 1.45. The second kappa shape index (κ2) is 10.4. The number of piperidine rings is 1. The van der Waals surface area contributed by atoms with Crippen molar-refractivity contribution in [1.29, 1.82) is 0 Å². The Kier molecular flexibility index (Phi) is 6.91. The van der Waals surface area contributed by atoms with Gasteiger partial charge in [-0.05, 0) is 31.0 Å². The maximum atomic E-state index is 14.6. The minimum absolute atomic E-state index is 0.00451. The topological polar surface area (TPSA) is 107 Å². The third-order valence-corrected chi connectivity index (χ3v) is 6.12. The van der Waals surface area contributed by atoms with Crippen molar-refractivity contribution in [2.24, 2.45) is 5.73 Å². The Balaban J connectivity index is 1.50. The van der Waals surface area contributed by atoms with Crippen LogP contribution in [0.4, 0.5) is 30.5 Å². The highest BCUT2D eigenvalue weighted by Crippen LogP contribution is 2.35. The van der Waals surface area contributed by atoms with Crippen molar-refractivity contribution in [3.05, 3.63) is 60.9 Å². The third kappa shape index (κ3) is 5.19. The molecule has 0 radical (unpaired) electrons. The number of nitrogens with zero attached hydrogens (tertiary/aromatic N) is 6. The lowest BCUT2D eigenvalue weighted by atomic mass is 10.0. The minimum atomic E-state index is -2.74. The number of nitrogens with two attached hydrogens (primary N) is 1. The van der Waals surface area contributed by atoms with E-state index < -0.39 is 12.4 Å². The van der Waals surface area contributed by atoms with Gasteiger partial charge >= 0.3 is 6.55 Å². The molecule has 0 unspecified atom stereocenters. The highest BCUT2D eigenvalue weighted by atomic mass is 19.3. The van der Waals surface area contributed by atoms with Crippen molar-refractivity contribution in [2.75, 3.05) is 30.4 Å². The number of anilines is 3. The molecule has 12 heteroatoms. The number of nitrogens with one attached hydrogen (secondary N) is 1. The fourth-order valence-corrected chi connectivity index (χ4v) is 4.38. The SMILES string of the molecule is COc1cccc(F)c1-c1nccc(Nc2cc(N3CCC[C@H](N)C3)c(-c3cnn(C(F)F)c3)cn2)n1. The molecule has 0 aliphatic carbocycles. The van der Waals surface area contributed by atoms with E-state index in [1.165, 1.54) is 31.8 Å². The molecule has 9 nitrogen and oxygen atoms in total. The number of aromatic nitrogens is 5. The van der Waals surface area contributed by atoms with E-state index in [4.69, 9.17) is 10.5 Å². The Hall–Kier alpha value is -4.19. The van der Waals surface area contributed by atoms with Gasteiger partial charge in [0.15, 0.2) is 5.82 Å². The van der Waals surface area contributed by atoms with E-state index in [1.807, 2.05) is 6.07 Å². The average Bonchev–Trinajstić information content (AvgIpc) is 3.39. The van der Waals surface area contributed by atoms with Crippen molar-refractivity contribution in [1.82, 2.24) is 24.7 Å². The summed E-state index contributed by atoms with van der Waals surface area (Å²) in [6.07, 6.45) is 7.61. The van der Waals surface area contributed by atoms with E-state index in [0.29, 0.717) is 39.7 Å². The first kappa shape index (κ1) is 24.5. The van der Waals surface area contributed by atoms with Gasteiger partial charge in [-0.25, -0.2) is 24.0 Å². The van der Waals surface area contributed by atoms with E-state index in [1.54, 1.807) is 24.4 Å². The maximum Gasteiger partial charge on any atom is 0.333 e. The van der Waals surface area contributed by atoms with Crippen LogP contribution in [0.1, 0.15) is 19.4 Å². The molecule has 1 atom stereocenters. The Morgan fingerprint density at radius 2 is 2.03 bits per heavy atom. The fourth-order valence-electron chi connectivity index (χ4n) is 4.38. The number of methoxy groups -OCH3 is 1. The van der Waals surface area contributed by atoms with Crippen molar-refractivity contribution >= 4 is 17.3 Å². The van der Waals surface area contributed by atoms with Crippen LogP contribution in [0.15, 0.2) is 55.1 Å². The summed E-state index contributed by atoms with van der Waals surface area (Å²) in [5.74, 6) is 0.810. The van der Waals surface area contributed by atoms with Gasteiger partial charge in [0.1, 0.15) is 23.2 Å². The quantitative estimate of drug-likeness (QED) is 0.371. The highest BCUT2D eigenvalue weighted by molar-refractivity contribution is 5.80. The van der Waals surface area contributed by atoms with Gasteiger partial charge in [0.25, 0.3) is 0 Å². The predicted octanol–water partition coefficient (Wildman–Crippen LogP) is 4.62. The van der Waals surface area contributed by atoms with Crippen molar-refractivity contribution in [3.8, 4) is 28.3 Å². The van der Waals surface area contributed by atoms with Gasteiger partial charge in [-0.15, -0.1) is 0 Å². The van der Waals surface area contributed by atoms with Crippen LogP contribution in [0, 0.1) is 5.82 Å². The Bertz CT molecular complexity index is 1400. The van der Waals surface area contributed by atoms with E-state index in [-0.39, 0.29) is 17.4 Å². The van der Waals surface area contributed by atoms with E-state index in [2.05, 4.69) is 30.3 Å². The fraction of sp³-hybridized carbons (Fsp3) is 0.280. The van der Waals surface area contributed by atoms with E-state index in [9.17, 15) is 13.2 Å². The van der Waals surface area contributed by atoms with Gasteiger partial charge in [0.05, 0.1) is 18.9 Å². The summed E-state index contributed by atoms with van der Waals surface area (Å²) >= 11 is 0. The molecule has 0 spiro atoms. The molecule has 1 aromatic carbocycles. The largest absolute Gasteiger partial charge is 0.496 e. The molecule has 0 bridgehead atoms. The predicted molar refractivity (Wildman–Crippen MR) is 133 cm³/mol. The summed E-state index contributed by atoms with van der Waals surface area (Å²) in [6.45, 7) is -1.36. The molecule has 1 aliphatic heterocycles. The van der Waals surface area contributed by atoms with Crippen molar-refractivity contribution in [3.63, 3.8) is 0 Å². The van der Waals surface area contributed by atoms with Crippen LogP contribution in [0.3, 0.4) is 0 Å². The molecule has 37 heavy (non-hydrogen) atoms. The zero-order chi connectivity index (χ0) is 25.9. The molecule has 4 aromatic rings. The molecule has 1 aliphatic rings. The lowest BCUT2D eigenvalue weighted by molar-refractivity contribution is 0.0566. The van der Waals surface area contributed by atoms with Crippen molar-refractivity contribution < 1.29 is 17.9 Å². The summed E-state index contributed by atoms with van der Waals surface area (Å²) in [6, 6.07) is 7.94. The molecule has 1 saturated heterocycles. The van der Waals surface area contributed by atoms with Crippen LogP contribution in [-0.2, 0) is 0 Å². The lowest BCUT2D eigenvalue weighted by Gasteiger charge is -2.34. The molecule has 192 valence electrons. The number of alkyl halides is 2. The lowest BCUT2D eigenvalue weighted by Crippen LogP contribution is -2.43. The number of pyridine rings is 1.